The molecular weight excluding hydrogens is 290 g/mol. The monoisotopic (exact) mass is 309 g/mol. The second kappa shape index (κ2) is 5.53. The number of rotatable bonds is 2. The zero-order valence-electron chi connectivity index (χ0n) is 13.0. The predicted octanol–water partition coefficient (Wildman–Crippen LogP) is 2.61. The van der Waals surface area contributed by atoms with Crippen molar-refractivity contribution >= 4 is 16.8 Å². The van der Waals surface area contributed by atoms with Crippen molar-refractivity contribution in [1.82, 2.24) is 25.1 Å². The first-order chi connectivity index (χ1) is 11.2. The van der Waals surface area contributed by atoms with E-state index in [1.54, 1.807) is 6.33 Å². The van der Waals surface area contributed by atoms with Gasteiger partial charge in [-0.05, 0) is 25.8 Å². The topological polar surface area (TPSA) is 77.7 Å². The van der Waals surface area contributed by atoms with Crippen molar-refractivity contribution in [1.29, 1.82) is 0 Å². The number of H-pyrrole nitrogens is 2. The number of aryl methyl sites for hydroxylation is 1. The van der Waals surface area contributed by atoms with Crippen LogP contribution in [0.5, 0.6) is 0 Å². The van der Waals surface area contributed by atoms with Crippen LogP contribution in [0.2, 0.25) is 0 Å². The van der Waals surface area contributed by atoms with Gasteiger partial charge in [-0.1, -0.05) is 18.2 Å². The van der Waals surface area contributed by atoms with Crippen molar-refractivity contribution in [3.8, 4) is 0 Å². The van der Waals surface area contributed by atoms with Gasteiger partial charge in [-0.25, -0.2) is 4.98 Å². The highest BCUT2D eigenvalue weighted by Gasteiger charge is 2.28. The summed E-state index contributed by atoms with van der Waals surface area (Å²) >= 11 is 0. The number of imidazole rings is 1. The standard InChI is InChI=1S/C17H19N5O/c1-11-15(19-10-18-11)12-6-8-22(9-7-12)17(23)16-13-4-2-3-5-14(13)20-21-16/h2-5,10,12H,6-9H2,1H3,(H,18,19)(H,20,21). The fourth-order valence-corrected chi connectivity index (χ4v) is 3.41. The van der Waals surface area contributed by atoms with E-state index in [0.29, 0.717) is 11.6 Å². The Bertz CT molecular complexity index is 841. The number of likely N-dealkylation sites (tertiary alicyclic amines) is 1. The molecule has 1 aliphatic heterocycles. The smallest absolute Gasteiger partial charge is 0.274 e. The van der Waals surface area contributed by atoms with Gasteiger partial charge in [0.2, 0.25) is 0 Å². The average Bonchev–Trinajstić information content (AvgIpc) is 3.20. The zero-order chi connectivity index (χ0) is 15.8. The molecule has 2 N–H and O–H groups in total. The van der Waals surface area contributed by atoms with Gasteiger partial charge >= 0.3 is 0 Å². The van der Waals surface area contributed by atoms with E-state index in [2.05, 4.69) is 27.1 Å². The maximum absolute atomic E-state index is 12.8. The van der Waals surface area contributed by atoms with Crippen LogP contribution in [0.1, 0.15) is 40.6 Å². The maximum Gasteiger partial charge on any atom is 0.274 e. The molecule has 0 spiro atoms. The molecule has 1 fully saturated rings. The normalized spacial score (nSPS) is 16.1. The van der Waals surface area contributed by atoms with E-state index in [1.807, 2.05) is 29.2 Å². The van der Waals surface area contributed by atoms with Crippen LogP contribution in [0.4, 0.5) is 0 Å². The van der Waals surface area contributed by atoms with Crippen LogP contribution >= 0.6 is 0 Å². The van der Waals surface area contributed by atoms with E-state index < -0.39 is 0 Å². The SMILES string of the molecule is Cc1[nH]cnc1C1CCN(C(=O)c2n[nH]c3ccccc23)CC1. The molecule has 118 valence electrons. The van der Waals surface area contributed by atoms with Crippen LogP contribution in [0.15, 0.2) is 30.6 Å². The number of piperidine rings is 1. The minimum atomic E-state index is 0.0136. The Morgan fingerprint density at radius 3 is 2.78 bits per heavy atom. The van der Waals surface area contributed by atoms with E-state index in [0.717, 1.165) is 48.2 Å². The van der Waals surface area contributed by atoms with Gasteiger partial charge in [-0.15, -0.1) is 0 Å². The molecule has 0 bridgehead atoms. The Labute approximate surface area is 133 Å². The number of aromatic nitrogens is 4. The number of nitrogens with one attached hydrogen (secondary N) is 2. The van der Waals surface area contributed by atoms with Crippen molar-refractivity contribution in [2.75, 3.05) is 13.1 Å². The quantitative estimate of drug-likeness (QED) is 0.764. The van der Waals surface area contributed by atoms with Gasteiger partial charge in [-0.3, -0.25) is 9.89 Å². The summed E-state index contributed by atoms with van der Waals surface area (Å²) in [5.41, 5.74) is 3.70. The highest BCUT2D eigenvalue weighted by molar-refractivity contribution is 6.04. The second-order valence-electron chi connectivity index (χ2n) is 6.10. The molecule has 6 heteroatoms. The van der Waals surface area contributed by atoms with Crippen molar-refractivity contribution in [3.05, 3.63) is 47.7 Å². The number of para-hydroxylation sites is 1. The van der Waals surface area contributed by atoms with Gasteiger partial charge in [-0.2, -0.15) is 5.10 Å². The molecule has 1 saturated heterocycles. The van der Waals surface area contributed by atoms with Gasteiger partial charge in [0.05, 0.1) is 17.5 Å². The van der Waals surface area contributed by atoms with Gasteiger partial charge in [0.1, 0.15) is 0 Å². The minimum absolute atomic E-state index is 0.0136. The molecule has 1 aliphatic rings. The number of hydrogen-bond donors (Lipinski definition) is 2. The second-order valence-corrected chi connectivity index (χ2v) is 6.10. The molecule has 1 aromatic carbocycles. The summed E-state index contributed by atoms with van der Waals surface area (Å²) in [4.78, 5) is 22.2. The Balaban J connectivity index is 1.50. The molecule has 2 aromatic heterocycles. The molecule has 0 aliphatic carbocycles. The predicted molar refractivity (Wildman–Crippen MR) is 87.3 cm³/mol. The third kappa shape index (κ3) is 2.40. The van der Waals surface area contributed by atoms with Crippen LogP contribution in [0.3, 0.4) is 0 Å². The van der Waals surface area contributed by atoms with Gasteiger partial charge in [0.15, 0.2) is 5.69 Å². The fraction of sp³-hybridized carbons (Fsp3) is 0.353. The third-order valence-electron chi connectivity index (χ3n) is 4.71. The van der Waals surface area contributed by atoms with E-state index in [4.69, 9.17) is 0 Å². The molecule has 0 saturated carbocycles. The lowest BCUT2D eigenvalue weighted by Gasteiger charge is -2.31. The Hall–Kier alpha value is -2.63. The Morgan fingerprint density at radius 1 is 1.26 bits per heavy atom. The molecule has 3 heterocycles. The molecule has 0 unspecified atom stereocenters. The van der Waals surface area contributed by atoms with Crippen molar-refractivity contribution < 1.29 is 4.79 Å². The first-order valence-corrected chi connectivity index (χ1v) is 7.96. The number of fused-ring (bicyclic) bond motifs is 1. The van der Waals surface area contributed by atoms with Crippen LogP contribution in [-0.4, -0.2) is 44.1 Å². The van der Waals surface area contributed by atoms with E-state index in [-0.39, 0.29) is 5.91 Å². The lowest BCUT2D eigenvalue weighted by atomic mass is 9.92. The van der Waals surface area contributed by atoms with Crippen LogP contribution in [0.25, 0.3) is 10.9 Å². The van der Waals surface area contributed by atoms with Crippen molar-refractivity contribution in [3.63, 3.8) is 0 Å². The molecule has 0 radical (unpaired) electrons. The summed E-state index contributed by atoms with van der Waals surface area (Å²) in [5.74, 6) is 0.445. The number of nitrogens with zero attached hydrogens (tertiary/aromatic N) is 3. The number of amides is 1. The highest BCUT2D eigenvalue weighted by atomic mass is 16.2. The van der Waals surface area contributed by atoms with Crippen LogP contribution in [0, 0.1) is 6.92 Å². The number of carbonyl (C=O) groups is 1. The molecule has 1 amide bonds. The van der Waals surface area contributed by atoms with E-state index in [1.165, 1.54) is 0 Å². The summed E-state index contributed by atoms with van der Waals surface area (Å²) in [5, 5.41) is 8.05. The largest absolute Gasteiger partial charge is 0.348 e. The summed E-state index contributed by atoms with van der Waals surface area (Å²) in [6.45, 7) is 3.55. The first-order valence-electron chi connectivity index (χ1n) is 7.96. The van der Waals surface area contributed by atoms with E-state index in [9.17, 15) is 4.79 Å². The number of carbonyl (C=O) groups excluding carboxylic acids is 1. The van der Waals surface area contributed by atoms with E-state index >= 15 is 0 Å². The lowest BCUT2D eigenvalue weighted by Crippen LogP contribution is -2.38. The van der Waals surface area contributed by atoms with Gasteiger partial charge < -0.3 is 9.88 Å². The molecule has 23 heavy (non-hydrogen) atoms. The van der Waals surface area contributed by atoms with Crippen molar-refractivity contribution in [2.45, 2.75) is 25.7 Å². The van der Waals surface area contributed by atoms with Crippen LogP contribution in [-0.2, 0) is 0 Å². The minimum Gasteiger partial charge on any atom is -0.348 e. The molecule has 3 aromatic rings. The Kier molecular flexibility index (Phi) is 3.37. The molecule has 0 atom stereocenters. The average molecular weight is 309 g/mol. The summed E-state index contributed by atoms with van der Waals surface area (Å²) in [6.07, 6.45) is 3.64. The summed E-state index contributed by atoms with van der Waals surface area (Å²) < 4.78 is 0. The number of hydrogen-bond acceptors (Lipinski definition) is 3. The van der Waals surface area contributed by atoms with Crippen LogP contribution < -0.4 is 0 Å². The Morgan fingerprint density at radius 2 is 2.04 bits per heavy atom. The third-order valence-corrected chi connectivity index (χ3v) is 4.71. The zero-order valence-corrected chi connectivity index (χ0v) is 13.0. The molecule has 6 nitrogen and oxygen atoms in total. The van der Waals surface area contributed by atoms with Crippen molar-refractivity contribution in [2.24, 2.45) is 0 Å². The summed E-state index contributed by atoms with van der Waals surface area (Å²) in [7, 11) is 0. The molecular formula is C17H19N5O. The number of benzene rings is 1. The maximum atomic E-state index is 12.8. The lowest BCUT2D eigenvalue weighted by molar-refractivity contribution is 0.0708. The van der Waals surface area contributed by atoms with Gasteiger partial charge in [0, 0.05) is 30.1 Å². The summed E-state index contributed by atoms with van der Waals surface area (Å²) in [6, 6.07) is 7.74. The van der Waals surface area contributed by atoms with Gasteiger partial charge in [0.25, 0.3) is 5.91 Å². The molecule has 4 rings (SSSR count). The first kappa shape index (κ1) is 14.0. The fourth-order valence-electron chi connectivity index (χ4n) is 3.41. The highest BCUT2D eigenvalue weighted by Crippen LogP contribution is 2.29. The number of aromatic amines is 2.